The Morgan fingerprint density at radius 3 is 2.71 bits per heavy atom. The molecule has 0 aromatic carbocycles. The maximum atomic E-state index is 11.7. The number of carbonyl (C=O) groups excluding carboxylic acids is 1. The van der Waals surface area contributed by atoms with Gasteiger partial charge in [0.15, 0.2) is 0 Å². The number of hydrogen-bond donors (Lipinski definition) is 0. The van der Waals surface area contributed by atoms with E-state index in [9.17, 15) is 4.79 Å². The molecule has 0 N–H and O–H groups in total. The molecule has 2 aliphatic carbocycles. The van der Waals surface area contributed by atoms with E-state index in [0.717, 1.165) is 6.42 Å². The highest BCUT2D eigenvalue weighted by Gasteiger charge is 2.48. The van der Waals surface area contributed by atoms with E-state index in [-0.39, 0.29) is 17.3 Å². The summed E-state index contributed by atoms with van der Waals surface area (Å²) in [5.74, 6) is 0.0214. The summed E-state index contributed by atoms with van der Waals surface area (Å²) >= 11 is 0. The van der Waals surface area contributed by atoms with E-state index >= 15 is 0 Å². The topological polar surface area (TPSA) is 26.3 Å². The number of esters is 1. The van der Waals surface area contributed by atoms with Gasteiger partial charge < -0.3 is 4.74 Å². The number of hydrogen-bond acceptors (Lipinski definition) is 2. The van der Waals surface area contributed by atoms with Crippen LogP contribution in [0.25, 0.3) is 0 Å². The average molecular weight is 194 g/mol. The van der Waals surface area contributed by atoms with Gasteiger partial charge in [-0.1, -0.05) is 24.5 Å². The highest BCUT2D eigenvalue weighted by atomic mass is 16.5. The smallest absolute Gasteiger partial charge is 0.313 e. The lowest BCUT2D eigenvalue weighted by Crippen LogP contribution is -2.31. The fraction of sp³-hybridized carbons (Fsp3) is 0.750. The number of rotatable bonds is 1. The lowest BCUT2D eigenvalue weighted by Gasteiger charge is -2.30. The quantitative estimate of drug-likeness (QED) is 0.474. The molecule has 0 saturated heterocycles. The highest BCUT2D eigenvalue weighted by Crippen LogP contribution is 2.54. The molecule has 2 nitrogen and oxygen atoms in total. The largest absolute Gasteiger partial charge is 0.469 e. The summed E-state index contributed by atoms with van der Waals surface area (Å²) in [6.45, 7) is 2.06. The minimum absolute atomic E-state index is 0.0295. The van der Waals surface area contributed by atoms with Gasteiger partial charge in [0.25, 0.3) is 0 Å². The van der Waals surface area contributed by atoms with Crippen molar-refractivity contribution in [3.8, 4) is 0 Å². The summed E-state index contributed by atoms with van der Waals surface area (Å²) in [4.78, 5) is 11.7. The van der Waals surface area contributed by atoms with Crippen molar-refractivity contribution in [3.63, 3.8) is 0 Å². The Morgan fingerprint density at radius 1 is 1.50 bits per heavy atom. The van der Waals surface area contributed by atoms with Gasteiger partial charge in [-0.25, -0.2) is 0 Å². The minimum atomic E-state index is -0.0295. The maximum Gasteiger partial charge on any atom is 0.313 e. The van der Waals surface area contributed by atoms with Gasteiger partial charge in [0, 0.05) is 0 Å². The molecule has 1 unspecified atom stereocenters. The van der Waals surface area contributed by atoms with Crippen LogP contribution in [0.2, 0.25) is 0 Å². The first-order valence-corrected chi connectivity index (χ1v) is 5.44. The Morgan fingerprint density at radius 2 is 2.14 bits per heavy atom. The molecule has 1 fully saturated rings. The molecule has 0 radical (unpaired) electrons. The molecule has 0 aromatic heterocycles. The van der Waals surface area contributed by atoms with Gasteiger partial charge in [0.05, 0.1) is 13.0 Å². The third-order valence-corrected chi connectivity index (χ3v) is 3.93. The van der Waals surface area contributed by atoms with E-state index < -0.39 is 0 Å². The standard InChI is InChI=1S/C12H18O2/c1-9-5-8-12(6-3-4-7-12)10(9)11(13)14-2/h5,10H,3-4,6-8H2,1-2H3. The summed E-state index contributed by atoms with van der Waals surface area (Å²) in [5.41, 5.74) is 1.45. The molecule has 0 bridgehead atoms. The van der Waals surface area contributed by atoms with Crippen molar-refractivity contribution in [2.75, 3.05) is 7.11 Å². The first kappa shape index (κ1) is 9.75. The molecule has 0 heterocycles. The summed E-state index contributed by atoms with van der Waals surface area (Å²) in [6.07, 6.45) is 8.25. The van der Waals surface area contributed by atoms with Crippen molar-refractivity contribution in [1.29, 1.82) is 0 Å². The normalized spacial score (nSPS) is 29.3. The zero-order chi connectivity index (χ0) is 10.2. The van der Waals surface area contributed by atoms with Crippen LogP contribution in [0.1, 0.15) is 39.0 Å². The molecule has 1 saturated carbocycles. The zero-order valence-corrected chi connectivity index (χ0v) is 9.01. The van der Waals surface area contributed by atoms with Crippen LogP contribution in [-0.2, 0) is 9.53 Å². The molecule has 2 aliphatic rings. The molecule has 2 rings (SSSR count). The molecule has 0 aliphatic heterocycles. The van der Waals surface area contributed by atoms with Crippen LogP contribution in [0.15, 0.2) is 11.6 Å². The van der Waals surface area contributed by atoms with E-state index in [0.29, 0.717) is 0 Å². The second-order valence-corrected chi connectivity index (χ2v) is 4.68. The predicted octanol–water partition coefficient (Wildman–Crippen LogP) is 2.69. The fourth-order valence-corrected chi connectivity index (χ4v) is 3.21. The Labute approximate surface area is 85.3 Å². The van der Waals surface area contributed by atoms with Crippen molar-refractivity contribution in [2.24, 2.45) is 11.3 Å². The van der Waals surface area contributed by atoms with E-state index in [4.69, 9.17) is 4.74 Å². The van der Waals surface area contributed by atoms with Crippen molar-refractivity contribution in [1.82, 2.24) is 0 Å². The molecule has 2 heteroatoms. The first-order chi connectivity index (χ1) is 6.69. The number of methoxy groups -OCH3 is 1. The van der Waals surface area contributed by atoms with Crippen LogP contribution < -0.4 is 0 Å². The monoisotopic (exact) mass is 194 g/mol. The number of ether oxygens (including phenoxy) is 1. The van der Waals surface area contributed by atoms with E-state index in [1.54, 1.807) is 0 Å². The SMILES string of the molecule is COC(=O)C1C(C)=CCC12CCCC2. The molecule has 1 atom stereocenters. The van der Waals surface area contributed by atoms with Gasteiger partial charge in [0.2, 0.25) is 0 Å². The van der Waals surface area contributed by atoms with Crippen molar-refractivity contribution in [2.45, 2.75) is 39.0 Å². The summed E-state index contributed by atoms with van der Waals surface area (Å²) in [6, 6.07) is 0. The van der Waals surface area contributed by atoms with Crippen LogP contribution in [0.3, 0.4) is 0 Å². The molecule has 0 amide bonds. The Bertz CT molecular complexity index is 272. The zero-order valence-electron chi connectivity index (χ0n) is 9.01. The Kier molecular flexibility index (Phi) is 2.38. The van der Waals surface area contributed by atoms with Crippen molar-refractivity contribution < 1.29 is 9.53 Å². The van der Waals surface area contributed by atoms with Crippen molar-refractivity contribution >= 4 is 5.97 Å². The van der Waals surface area contributed by atoms with Crippen LogP contribution in [0, 0.1) is 11.3 Å². The summed E-state index contributed by atoms with van der Waals surface area (Å²) < 4.78 is 4.91. The van der Waals surface area contributed by atoms with Gasteiger partial charge in [-0.15, -0.1) is 0 Å². The van der Waals surface area contributed by atoms with Gasteiger partial charge >= 0.3 is 5.97 Å². The number of carbonyl (C=O) groups is 1. The minimum Gasteiger partial charge on any atom is -0.469 e. The fourth-order valence-electron chi connectivity index (χ4n) is 3.21. The van der Waals surface area contributed by atoms with Gasteiger partial charge in [-0.3, -0.25) is 4.79 Å². The lowest BCUT2D eigenvalue weighted by molar-refractivity contribution is -0.147. The van der Waals surface area contributed by atoms with Gasteiger partial charge in [-0.05, 0) is 31.6 Å². The molecule has 0 aromatic rings. The van der Waals surface area contributed by atoms with Crippen LogP contribution in [0.4, 0.5) is 0 Å². The van der Waals surface area contributed by atoms with Crippen LogP contribution in [0.5, 0.6) is 0 Å². The third kappa shape index (κ3) is 1.28. The van der Waals surface area contributed by atoms with Crippen LogP contribution >= 0.6 is 0 Å². The second-order valence-electron chi connectivity index (χ2n) is 4.68. The highest BCUT2D eigenvalue weighted by molar-refractivity contribution is 5.77. The summed E-state index contributed by atoms with van der Waals surface area (Å²) in [5, 5.41) is 0. The van der Waals surface area contributed by atoms with Gasteiger partial charge in [0.1, 0.15) is 0 Å². The van der Waals surface area contributed by atoms with E-state index in [1.165, 1.54) is 38.4 Å². The molecule has 14 heavy (non-hydrogen) atoms. The Balaban J connectivity index is 2.24. The maximum absolute atomic E-state index is 11.7. The van der Waals surface area contributed by atoms with E-state index in [1.807, 2.05) is 0 Å². The van der Waals surface area contributed by atoms with E-state index in [2.05, 4.69) is 13.0 Å². The first-order valence-electron chi connectivity index (χ1n) is 5.44. The third-order valence-electron chi connectivity index (χ3n) is 3.93. The molecular weight excluding hydrogens is 176 g/mol. The molecular formula is C12H18O2. The predicted molar refractivity (Wildman–Crippen MR) is 54.8 cm³/mol. The number of allylic oxidation sites excluding steroid dienone is 1. The average Bonchev–Trinajstić information content (AvgIpc) is 2.76. The van der Waals surface area contributed by atoms with Crippen LogP contribution in [-0.4, -0.2) is 13.1 Å². The molecule has 78 valence electrons. The Hall–Kier alpha value is -0.790. The second kappa shape index (κ2) is 3.41. The lowest BCUT2D eigenvalue weighted by atomic mass is 9.74. The molecule has 1 spiro atoms. The van der Waals surface area contributed by atoms with Gasteiger partial charge in [-0.2, -0.15) is 0 Å². The summed E-state index contributed by atoms with van der Waals surface area (Å²) in [7, 11) is 1.50. The van der Waals surface area contributed by atoms with Crippen molar-refractivity contribution in [3.05, 3.63) is 11.6 Å².